The Balaban J connectivity index is 2.26. The van der Waals surface area contributed by atoms with E-state index in [0.29, 0.717) is 29.4 Å². The number of halogens is 1. The van der Waals surface area contributed by atoms with E-state index >= 15 is 0 Å². The Labute approximate surface area is 132 Å². The summed E-state index contributed by atoms with van der Waals surface area (Å²) in [6.07, 6.45) is 0. The van der Waals surface area contributed by atoms with Crippen LogP contribution in [0.3, 0.4) is 0 Å². The number of methoxy groups -OCH3 is 1. The quantitative estimate of drug-likeness (QED) is 0.883. The predicted octanol–water partition coefficient (Wildman–Crippen LogP) is 4.11. The third-order valence-corrected chi connectivity index (χ3v) is 3.54. The zero-order valence-electron chi connectivity index (χ0n) is 11.9. The van der Waals surface area contributed by atoms with Gasteiger partial charge < -0.3 is 14.8 Å². The highest BCUT2D eigenvalue weighted by atomic mass is 79.9. The van der Waals surface area contributed by atoms with Crippen molar-refractivity contribution >= 4 is 27.5 Å². The van der Waals surface area contributed by atoms with Gasteiger partial charge in [-0.25, -0.2) is 0 Å². The Morgan fingerprint density at radius 2 is 2.00 bits per heavy atom. The minimum Gasteiger partial charge on any atom is -0.497 e. The fourth-order valence-electron chi connectivity index (χ4n) is 1.85. The molecule has 0 aliphatic carbocycles. The van der Waals surface area contributed by atoms with Gasteiger partial charge in [0, 0.05) is 10.5 Å². The van der Waals surface area contributed by atoms with E-state index in [4.69, 9.17) is 9.47 Å². The van der Waals surface area contributed by atoms with Crippen molar-refractivity contribution < 1.29 is 14.3 Å². The molecule has 0 fully saturated rings. The summed E-state index contributed by atoms with van der Waals surface area (Å²) in [5.41, 5.74) is 1.14. The highest BCUT2D eigenvalue weighted by Gasteiger charge is 2.13. The summed E-state index contributed by atoms with van der Waals surface area (Å²) in [7, 11) is 1.58. The van der Waals surface area contributed by atoms with Gasteiger partial charge >= 0.3 is 0 Å². The van der Waals surface area contributed by atoms with Crippen LogP contribution in [0.5, 0.6) is 11.5 Å². The molecular formula is C16H16BrNO3. The summed E-state index contributed by atoms with van der Waals surface area (Å²) in [5.74, 6) is 1.01. The monoisotopic (exact) mass is 349 g/mol. The first-order chi connectivity index (χ1) is 10.2. The lowest BCUT2D eigenvalue weighted by atomic mass is 10.2. The average molecular weight is 350 g/mol. The Morgan fingerprint density at radius 3 is 2.71 bits per heavy atom. The second-order valence-electron chi connectivity index (χ2n) is 4.23. The van der Waals surface area contributed by atoms with Crippen molar-refractivity contribution in [2.24, 2.45) is 0 Å². The number of hydrogen-bond acceptors (Lipinski definition) is 3. The number of rotatable bonds is 5. The molecule has 0 spiro atoms. The van der Waals surface area contributed by atoms with Gasteiger partial charge in [-0.2, -0.15) is 0 Å². The molecule has 0 radical (unpaired) electrons. The number of amides is 1. The number of para-hydroxylation sites is 1. The number of hydrogen-bond donors (Lipinski definition) is 1. The number of benzene rings is 2. The first kappa shape index (κ1) is 15.4. The van der Waals surface area contributed by atoms with E-state index in [1.54, 1.807) is 31.4 Å². The van der Waals surface area contributed by atoms with Crippen LogP contribution in [0.1, 0.15) is 17.3 Å². The summed E-state index contributed by atoms with van der Waals surface area (Å²) in [6, 6.07) is 12.5. The number of ether oxygens (including phenoxy) is 2. The molecule has 0 aliphatic rings. The maximum atomic E-state index is 12.4. The van der Waals surface area contributed by atoms with E-state index in [9.17, 15) is 4.79 Å². The van der Waals surface area contributed by atoms with Gasteiger partial charge in [0.2, 0.25) is 0 Å². The van der Waals surface area contributed by atoms with Gasteiger partial charge in [0.15, 0.2) is 0 Å². The van der Waals surface area contributed by atoms with E-state index in [2.05, 4.69) is 21.2 Å². The van der Waals surface area contributed by atoms with Crippen LogP contribution in [-0.2, 0) is 0 Å². The van der Waals surface area contributed by atoms with Crippen LogP contribution in [0.4, 0.5) is 5.69 Å². The minimum absolute atomic E-state index is 0.229. The SMILES string of the molecule is CCOc1ccccc1C(=O)Nc1cc(OC)ccc1Br. The van der Waals surface area contributed by atoms with Gasteiger partial charge in [-0.05, 0) is 47.1 Å². The molecule has 2 aromatic rings. The van der Waals surface area contributed by atoms with Crippen LogP contribution in [0.15, 0.2) is 46.9 Å². The van der Waals surface area contributed by atoms with Gasteiger partial charge in [-0.1, -0.05) is 12.1 Å². The van der Waals surface area contributed by atoms with Crippen molar-refractivity contribution in [2.45, 2.75) is 6.92 Å². The Bertz CT molecular complexity index is 643. The zero-order valence-corrected chi connectivity index (χ0v) is 13.4. The standard InChI is InChI=1S/C16H16BrNO3/c1-3-21-15-7-5-4-6-12(15)16(19)18-14-10-11(20-2)8-9-13(14)17/h4-10H,3H2,1-2H3,(H,18,19). The largest absolute Gasteiger partial charge is 0.497 e. The molecule has 4 nitrogen and oxygen atoms in total. The van der Waals surface area contributed by atoms with E-state index in [1.165, 1.54) is 0 Å². The summed E-state index contributed by atoms with van der Waals surface area (Å²) >= 11 is 3.41. The highest BCUT2D eigenvalue weighted by Crippen LogP contribution is 2.28. The molecule has 110 valence electrons. The van der Waals surface area contributed by atoms with Crippen LogP contribution >= 0.6 is 15.9 Å². The van der Waals surface area contributed by atoms with Crippen LogP contribution < -0.4 is 14.8 Å². The van der Waals surface area contributed by atoms with Crippen molar-refractivity contribution in [3.05, 3.63) is 52.5 Å². The van der Waals surface area contributed by atoms with Crippen molar-refractivity contribution in [1.29, 1.82) is 0 Å². The predicted molar refractivity (Wildman–Crippen MR) is 86.3 cm³/mol. The maximum absolute atomic E-state index is 12.4. The van der Waals surface area contributed by atoms with Crippen LogP contribution in [0, 0.1) is 0 Å². The molecule has 1 amide bonds. The lowest BCUT2D eigenvalue weighted by molar-refractivity contribution is 0.102. The van der Waals surface area contributed by atoms with Gasteiger partial charge in [-0.15, -0.1) is 0 Å². The molecule has 0 aromatic heterocycles. The maximum Gasteiger partial charge on any atom is 0.259 e. The number of carbonyl (C=O) groups is 1. The Morgan fingerprint density at radius 1 is 1.24 bits per heavy atom. The topological polar surface area (TPSA) is 47.6 Å². The Hall–Kier alpha value is -2.01. The molecule has 21 heavy (non-hydrogen) atoms. The van der Waals surface area contributed by atoms with Gasteiger partial charge in [0.1, 0.15) is 11.5 Å². The lowest BCUT2D eigenvalue weighted by Gasteiger charge is -2.12. The normalized spacial score (nSPS) is 10.0. The first-order valence-electron chi connectivity index (χ1n) is 6.52. The molecule has 0 aliphatic heterocycles. The molecule has 0 saturated carbocycles. The summed E-state index contributed by atoms with van der Waals surface area (Å²) in [5, 5.41) is 2.85. The summed E-state index contributed by atoms with van der Waals surface area (Å²) in [4.78, 5) is 12.4. The third-order valence-electron chi connectivity index (χ3n) is 2.85. The first-order valence-corrected chi connectivity index (χ1v) is 7.31. The second-order valence-corrected chi connectivity index (χ2v) is 5.08. The molecular weight excluding hydrogens is 334 g/mol. The molecule has 1 N–H and O–H groups in total. The highest BCUT2D eigenvalue weighted by molar-refractivity contribution is 9.10. The Kier molecular flexibility index (Phi) is 5.22. The fourth-order valence-corrected chi connectivity index (χ4v) is 2.20. The van der Waals surface area contributed by atoms with Gasteiger partial charge in [-0.3, -0.25) is 4.79 Å². The van der Waals surface area contributed by atoms with E-state index < -0.39 is 0 Å². The minimum atomic E-state index is -0.229. The van der Waals surface area contributed by atoms with Crippen LogP contribution in [0.25, 0.3) is 0 Å². The second kappa shape index (κ2) is 7.13. The van der Waals surface area contributed by atoms with Crippen LogP contribution in [-0.4, -0.2) is 19.6 Å². The molecule has 2 aromatic carbocycles. The molecule has 2 rings (SSSR count). The van der Waals surface area contributed by atoms with E-state index in [1.807, 2.05) is 25.1 Å². The van der Waals surface area contributed by atoms with Gasteiger partial charge in [0.05, 0.1) is 25.0 Å². The van der Waals surface area contributed by atoms with Crippen molar-refractivity contribution in [3.63, 3.8) is 0 Å². The summed E-state index contributed by atoms with van der Waals surface area (Å²) in [6.45, 7) is 2.39. The van der Waals surface area contributed by atoms with Crippen molar-refractivity contribution in [3.8, 4) is 11.5 Å². The lowest BCUT2D eigenvalue weighted by Crippen LogP contribution is -2.14. The van der Waals surface area contributed by atoms with E-state index in [-0.39, 0.29) is 5.91 Å². The molecule has 0 bridgehead atoms. The molecule has 0 unspecified atom stereocenters. The number of nitrogens with one attached hydrogen (secondary N) is 1. The molecule has 0 atom stereocenters. The number of carbonyl (C=O) groups excluding carboxylic acids is 1. The van der Waals surface area contributed by atoms with E-state index in [0.717, 1.165) is 4.47 Å². The number of anilines is 1. The summed E-state index contributed by atoms with van der Waals surface area (Å²) < 4.78 is 11.4. The van der Waals surface area contributed by atoms with Crippen molar-refractivity contribution in [2.75, 3.05) is 19.0 Å². The molecule has 0 saturated heterocycles. The van der Waals surface area contributed by atoms with Gasteiger partial charge in [0.25, 0.3) is 5.91 Å². The molecule has 0 heterocycles. The smallest absolute Gasteiger partial charge is 0.259 e. The fraction of sp³-hybridized carbons (Fsp3) is 0.188. The van der Waals surface area contributed by atoms with Crippen molar-refractivity contribution in [1.82, 2.24) is 0 Å². The average Bonchev–Trinajstić information content (AvgIpc) is 2.50. The molecule has 5 heteroatoms. The zero-order chi connectivity index (χ0) is 15.2. The van der Waals surface area contributed by atoms with Crippen LogP contribution in [0.2, 0.25) is 0 Å². The third kappa shape index (κ3) is 3.76.